The number of hydrogen-bond acceptors (Lipinski definition) is 5. The molecule has 0 saturated carbocycles. The van der Waals surface area contributed by atoms with E-state index in [0.717, 1.165) is 0 Å². The number of Topliss-reactive ketones (excluding diaryl/α,β-unsaturated/α-hetero) is 1. The van der Waals surface area contributed by atoms with E-state index in [0.29, 0.717) is 42.9 Å². The Hall–Kier alpha value is -2.83. The largest absolute Gasteiger partial charge is 0.351 e. The minimum atomic E-state index is -0.409. The predicted octanol–water partition coefficient (Wildman–Crippen LogP) is 3.54. The van der Waals surface area contributed by atoms with Crippen molar-refractivity contribution in [2.75, 3.05) is 18.0 Å². The zero-order valence-electron chi connectivity index (χ0n) is 13.8. The van der Waals surface area contributed by atoms with Crippen molar-refractivity contribution in [2.45, 2.75) is 19.8 Å². The number of anilines is 1. The van der Waals surface area contributed by atoms with Gasteiger partial charge >= 0.3 is 5.69 Å². The van der Waals surface area contributed by atoms with Gasteiger partial charge in [-0.15, -0.1) is 0 Å². The molecule has 1 aliphatic rings. The van der Waals surface area contributed by atoms with E-state index in [4.69, 9.17) is 0 Å². The Labute approximate surface area is 144 Å². The van der Waals surface area contributed by atoms with Crippen molar-refractivity contribution in [1.82, 2.24) is 4.98 Å². The lowest BCUT2D eigenvalue weighted by molar-refractivity contribution is -0.384. The average molecular weight is 343 g/mol. The van der Waals surface area contributed by atoms with E-state index in [-0.39, 0.29) is 23.2 Å². The number of ketones is 1. The molecule has 130 valence electrons. The Morgan fingerprint density at radius 1 is 1.24 bits per heavy atom. The number of hydrogen-bond donors (Lipinski definition) is 0. The first-order valence-corrected chi connectivity index (χ1v) is 8.12. The molecule has 1 aromatic heterocycles. The van der Waals surface area contributed by atoms with Crippen LogP contribution in [-0.2, 0) is 0 Å². The number of pyridine rings is 1. The number of nitro groups is 1. The van der Waals surface area contributed by atoms with Crippen LogP contribution in [-0.4, -0.2) is 28.8 Å². The number of carbonyl (C=O) groups is 1. The first-order valence-electron chi connectivity index (χ1n) is 8.12. The van der Waals surface area contributed by atoms with Crippen LogP contribution in [0.25, 0.3) is 0 Å². The molecule has 1 aliphatic heterocycles. The fourth-order valence-corrected chi connectivity index (χ4v) is 3.20. The summed E-state index contributed by atoms with van der Waals surface area (Å²) in [5.41, 5.74) is 1.09. The van der Waals surface area contributed by atoms with E-state index < -0.39 is 4.92 Å². The highest BCUT2D eigenvalue weighted by Crippen LogP contribution is 2.32. The van der Waals surface area contributed by atoms with Crippen LogP contribution < -0.4 is 4.90 Å². The van der Waals surface area contributed by atoms with Crippen molar-refractivity contribution in [3.63, 3.8) is 0 Å². The normalized spacial score (nSPS) is 15.2. The van der Waals surface area contributed by atoms with Gasteiger partial charge < -0.3 is 4.90 Å². The van der Waals surface area contributed by atoms with Gasteiger partial charge in [-0.3, -0.25) is 14.9 Å². The van der Waals surface area contributed by atoms with E-state index in [1.54, 1.807) is 19.2 Å². The highest BCUT2D eigenvalue weighted by Gasteiger charge is 2.30. The fraction of sp³-hybridized carbons (Fsp3) is 0.333. The molecule has 2 heterocycles. The number of halogens is 1. The maximum absolute atomic E-state index is 13.0. The second-order valence-electron chi connectivity index (χ2n) is 6.19. The van der Waals surface area contributed by atoms with Gasteiger partial charge in [0, 0.05) is 36.3 Å². The highest BCUT2D eigenvalue weighted by atomic mass is 19.1. The fourth-order valence-electron chi connectivity index (χ4n) is 3.20. The summed E-state index contributed by atoms with van der Waals surface area (Å²) in [5, 5.41) is 11.3. The van der Waals surface area contributed by atoms with Crippen LogP contribution in [0.3, 0.4) is 0 Å². The summed E-state index contributed by atoms with van der Waals surface area (Å²) in [6.07, 6.45) is 2.74. The first kappa shape index (κ1) is 17.0. The summed E-state index contributed by atoms with van der Waals surface area (Å²) in [7, 11) is 0. The molecule has 1 aromatic carbocycles. The predicted molar refractivity (Wildman–Crippen MR) is 91.3 cm³/mol. The summed E-state index contributed by atoms with van der Waals surface area (Å²) >= 11 is 0. The third kappa shape index (κ3) is 3.50. The molecule has 7 heteroatoms. The molecule has 0 N–H and O–H groups in total. The van der Waals surface area contributed by atoms with Crippen molar-refractivity contribution in [3.05, 3.63) is 63.6 Å². The molecule has 1 saturated heterocycles. The van der Waals surface area contributed by atoms with Gasteiger partial charge in [0.1, 0.15) is 5.82 Å². The minimum absolute atomic E-state index is 0.00801. The molecule has 6 nitrogen and oxygen atoms in total. The van der Waals surface area contributed by atoms with Gasteiger partial charge in [-0.1, -0.05) is 0 Å². The molecular weight excluding hydrogens is 325 g/mol. The van der Waals surface area contributed by atoms with Crippen molar-refractivity contribution >= 4 is 17.3 Å². The topological polar surface area (TPSA) is 76.3 Å². The van der Waals surface area contributed by atoms with E-state index in [1.807, 2.05) is 4.90 Å². The third-order valence-electron chi connectivity index (χ3n) is 4.58. The number of aromatic nitrogens is 1. The standard InChI is InChI=1S/C18H18FN3O3/c1-12-6-9-20-18(16(12)22(24)25)21-10-7-14(8-11-21)17(23)13-2-4-15(19)5-3-13/h2-6,9,14H,7-8,10-11H2,1H3. The molecule has 3 rings (SSSR count). The number of aryl methyl sites for hydroxylation is 1. The molecule has 0 amide bonds. The Kier molecular flexibility index (Phi) is 4.74. The number of piperidine rings is 1. The SMILES string of the molecule is Cc1ccnc(N2CCC(C(=O)c3ccc(F)cc3)CC2)c1[N+](=O)[O-]. The Morgan fingerprint density at radius 3 is 2.48 bits per heavy atom. The molecule has 0 aliphatic carbocycles. The van der Waals surface area contributed by atoms with E-state index in [1.165, 1.54) is 24.3 Å². The van der Waals surface area contributed by atoms with Crippen LogP contribution in [0.4, 0.5) is 15.9 Å². The minimum Gasteiger partial charge on any atom is -0.351 e. The van der Waals surface area contributed by atoms with Crippen LogP contribution in [0.1, 0.15) is 28.8 Å². The lowest BCUT2D eigenvalue weighted by Crippen LogP contribution is -2.37. The number of carbonyl (C=O) groups excluding carboxylic acids is 1. The van der Waals surface area contributed by atoms with Crippen LogP contribution >= 0.6 is 0 Å². The zero-order valence-corrected chi connectivity index (χ0v) is 13.8. The lowest BCUT2D eigenvalue weighted by Gasteiger charge is -2.32. The summed E-state index contributed by atoms with van der Waals surface area (Å²) < 4.78 is 13.0. The molecular formula is C18H18FN3O3. The van der Waals surface area contributed by atoms with Gasteiger partial charge in [-0.25, -0.2) is 9.37 Å². The van der Waals surface area contributed by atoms with Crippen molar-refractivity contribution in [1.29, 1.82) is 0 Å². The van der Waals surface area contributed by atoms with Gasteiger partial charge in [0.2, 0.25) is 5.82 Å². The molecule has 25 heavy (non-hydrogen) atoms. The van der Waals surface area contributed by atoms with E-state index in [9.17, 15) is 19.3 Å². The molecule has 1 fully saturated rings. The van der Waals surface area contributed by atoms with Crippen molar-refractivity contribution in [3.8, 4) is 0 Å². The van der Waals surface area contributed by atoms with Crippen LogP contribution in [0.15, 0.2) is 36.5 Å². The van der Waals surface area contributed by atoms with E-state index >= 15 is 0 Å². The van der Waals surface area contributed by atoms with Gasteiger partial charge in [0.25, 0.3) is 0 Å². The molecule has 0 spiro atoms. The maximum Gasteiger partial charge on any atom is 0.314 e. The summed E-state index contributed by atoms with van der Waals surface area (Å²) in [6, 6.07) is 7.17. The van der Waals surface area contributed by atoms with Gasteiger partial charge in [0.05, 0.1) is 4.92 Å². The monoisotopic (exact) mass is 343 g/mol. The van der Waals surface area contributed by atoms with Crippen LogP contribution in [0, 0.1) is 28.8 Å². The first-order chi connectivity index (χ1) is 12.0. The van der Waals surface area contributed by atoms with Crippen molar-refractivity contribution < 1.29 is 14.1 Å². The number of rotatable bonds is 4. The quantitative estimate of drug-likeness (QED) is 0.482. The zero-order chi connectivity index (χ0) is 18.0. The lowest BCUT2D eigenvalue weighted by atomic mass is 9.89. The summed E-state index contributed by atoms with van der Waals surface area (Å²) in [5.74, 6) is -0.182. The Balaban J connectivity index is 1.72. The van der Waals surface area contributed by atoms with Gasteiger partial charge in [-0.05, 0) is 50.1 Å². The smallest absolute Gasteiger partial charge is 0.314 e. The van der Waals surface area contributed by atoms with Gasteiger partial charge in [-0.2, -0.15) is 0 Å². The average Bonchev–Trinajstić information content (AvgIpc) is 2.61. The Bertz CT molecular complexity index is 800. The van der Waals surface area contributed by atoms with Crippen LogP contribution in [0.5, 0.6) is 0 Å². The molecule has 0 bridgehead atoms. The molecule has 0 unspecified atom stereocenters. The van der Waals surface area contributed by atoms with Crippen molar-refractivity contribution in [2.24, 2.45) is 5.92 Å². The second kappa shape index (κ2) is 6.96. The molecule has 0 radical (unpaired) electrons. The summed E-state index contributed by atoms with van der Waals surface area (Å²) in [4.78, 5) is 29.5. The summed E-state index contributed by atoms with van der Waals surface area (Å²) in [6.45, 7) is 2.73. The number of nitrogens with zero attached hydrogens (tertiary/aromatic N) is 3. The molecule has 2 aromatic rings. The van der Waals surface area contributed by atoms with Crippen LogP contribution in [0.2, 0.25) is 0 Å². The molecule has 0 atom stereocenters. The van der Waals surface area contributed by atoms with Gasteiger partial charge in [0.15, 0.2) is 5.78 Å². The Morgan fingerprint density at radius 2 is 1.88 bits per heavy atom. The van der Waals surface area contributed by atoms with E-state index in [2.05, 4.69) is 4.98 Å². The number of benzene rings is 1. The third-order valence-corrected chi connectivity index (χ3v) is 4.58. The maximum atomic E-state index is 13.0. The highest BCUT2D eigenvalue weighted by molar-refractivity contribution is 5.98. The second-order valence-corrected chi connectivity index (χ2v) is 6.19.